The minimum atomic E-state index is -0.923. The Labute approximate surface area is 206 Å². The molecule has 5 rings (SSSR count). The summed E-state index contributed by atoms with van der Waals surface area (Å²) >= 11 is 0. The van der Waals surface area contributed by atoms with Crippen LogP contribution >= 0.6 is 0 Å². The molecule has 2 N–H and O–H groups in total. The highest BCUT2D eigenvalue weighted by Gasteiger charge is 2.32. The third-order valence-corrected chi connectivity index (χ3v) is 7.73. The van der Waals surface area contributed by atoms with Gasteiger partial charge in [-0.3, -0.25) is 4.79 Å². The molecule has 2 heterocycles. The summed E-state index contributed by atoms with van der Waals surface area (Å²) in [6.45, 7) is 1.95. The van der Waals surface area contributed by atoms with E-state index in [4.69, 9.17) is 0 Å². The summed E-state index contributed by atoms with van der Waals surface area (Å²) in [5.74, 6) is -0.627. The van der Waals surface area contributed by atoms with Gasteiger partial charge >= 0.3 is 5.97 Å². The van der Waals surface area contributed by atoms with Crippen molar-refractivity contribution in [2.24, 2.45) is 5.92 Å². The number of carboxylic acids is 1. The predicted octanol–water partition coefficient (Wildman–Crippen LogP) is 4.90. The molecule has 1 aliphatic heterocycles. The number of carbonyl (C=O) groups is 2. The average molecular weight is 474 g/mol. The summed E-state index contributed by atoms with van der Waals surface area (Å²) in [4.78, 5) is 27.3. The van der Waals surface area contributed by atoms with Crippen LogP contribution in [0.2, 0.25) is 0 Å². The lowest BCUT2D eigenvalue weighted by atomic mass is 9.81. The van der Waals surface area contributed by atoms with Crippen LogP contribution in [0.5, 0.6) is 0 Å². The first-order valence-electron chi connectivity index (χ1n) is 12.8. The molecule has 1 aliphatic carbocycles. The Bertz CT molecular complexity index is 1250. The van der Waals surface area contributed by atoms with Crippen molar-refractivity contribution in [3.63, 3.8) is 0 Å². The number of nitrogens with one attached hydrogen (secondary N) is 1. The number of nitrogens with zero attached hydrogens (tertiary/aromatic N) is 2. The van der Waals surface area contributed by atoms with Gasteiger partial charge in [-0.15, -0.1) is 0 Å². The summed E-state index contributed by atoms with van der Waals surface area (Å²) in [5.41, 5.74) is 6.13. The van der Waals surface area contributed by atoms with Crippen LogP contribution in [0.1, 0.15) is 59.5 Å². The Morgan fingerprint density at radius 1 is 1.09 bits per heavy atom. The summed E-state index contributed by atoms with van der Waals surface area (Å²) in [7, 11) is 4.00. The van der Waals surface area contributed by atoms with Crippen LogP contribution in [0, 0.1) is 5.92 Å². The molecule has 1 fully saturated rings. The highest BCUT2D eigenvalue weighted by atomic mass is 16.4. The van der Waals surface area contributed by atoms with E-state index >= 15 is 0 Å². The van der Waals surface area contributed by atoms with Crippen molar-refractivity contribution in [1.82, 2.24) is 14.8 Å². The Balaban J connectivity index is 1.68. The monoisotopic (exact) mass is 473 g/mol. The number of hydrogen-bond donors (Lipinski definition) is 2. The Morgan fingerprint density at radius 3 is 2.60 bits per heavy atom. The fourth-order valence-electron chi connectivity index (χ4n) is 6.00. The molecule has 0 radical (unpaired) electrons. The number of aromatic nitrogens is 1. The lowest BCUT2D eigenvalue weighted by molar-refractivity contribution is -0.125. The number of hydrogen-bond acceptors (Lipinski definition) is 3. The number of benzene rings is 2. The van der Waals surface area contributed by atoms with Crippen LogP contribution in [0.15, 0.2) is 42.5 Å². The molecule has 0 saturated heterocycles. The van der Waals surface area contributed by atoms with Crippen LogP contribution in [0.3, 0.4) is 0 Å². The van der Waals surface area contributed by atoms with Crippen molar-refractivity contribution in [3.05, 3.63) is 59.2 Å². The van der Waals surface area contributed by atoms with Crippen molar-refractivity contribution in [2.75, 3.05) is 27.2 Å². The van der Waals surface area contributed by atoms with Crippen molar-refractivity contribution >= 4 is 22.8 Å². The van der Waals surface area contributed by atoms with Gasteiger partial charge < -0.3 is 19.9 Å². The van der Waals surface area contributed by atoms with Crippen LogP contribution in [0.4, 0.5) is 0 Å². The van der Waals surface area contributed by atoms with E-state index in [1.54, 1.807) is 6.07 Å². The van der Waals surface area contributed by atoms with Crippen LogP contribution in [-0.2, 0) is 17.8 Å². The molecule has 2 aliphatic rings. The highest BCUT2D eigenvalue weighted by molar-refractivity contribution is 5.99. The zero-order chi connectivity index (χ0) is 24.5. The normalized spacial score (nSPS) is 18.2. The zero-order valence-electron chi connectivity index (χ0n) is 20.7. The van der Waals surface area contributed by atoms with Crippen molar-refractivity contribution in [1.29, 1.82) is 0 Å². The largest absolute Gasteiger partial charge is 0.478 e. The van der Waals surface area contributed by atoms with E-state index < -0.39 is 5.97 Å². The van der Waals surface area contributed by atoms with E-state index in [0.717, 1.165) is 30.3 Å². The molecule has 3 aromatic rings. The Morgan fingerprint density at radius 2 is 1.86 bits per heavy atom. The van der Waals surface area contributed by atoms with Crippen LogP contribution in [-0.4, -0.2) is 53.6 Å². The van der Waals surface area contributed by atoms with Gasteiger partial charge in [-0.1, -0.05) is 49.6 Å². The van der Waals surface area contributed by atoms with Crippen molar-refractivity contribution in [2.45, 2.75) is 51.0 Å². The maximum atomic E-state index is 13.3. The third kappa shape index (κ3) is 4.59. The van der Waals surface area contributed by atoms with Crippen molar-refractivity contribution < 1.29 is 14.7 Å². The second-order valence-electron chi connectivity index (χ2n) is 10.4. The van der Waals surface area contributed by atoms with Crippen molar-refractivity contribution in [3.8, 4) is 11.3 Å². The Hall–Kier alpha value is -3.12. The number of amides is 1. The first kappa shape index (κ1) is 23.6. The number of rotatable bonds is 6. The number of likely N-dealkylation sites (N-methyl/N-ethyl adjacent to an activating group) is 1. The maximum Gasteiger partial charge on any atom is 0.335 e. The van der Waals surface area contributed by atoms with E-state index in [-0.39, 0.29) is 17.4 Å². The highest BCUT2D eigenvalue weighted by Crippen LogP contribution is 2.46. The van der Waals surface area contributed by atoms with Gasteiger partial charge in [0, 0.05) is 36.1 Å². The molecule has 1 saturated carbocycles. The van der Waals surface area contributed by atoms with E-state index in [2.05, 4.69) is 39.0 Å². The zero-order valence-corrected chi connectivity index (χ0v) is 20.7. The second kappa shape index (κ2) is 9.86. The van der Waals surface area contributed by atoms with E-state index in [1.807, 2.05) is 26.2 Å². The number of aromatic carboxylic acids is 1. The topological polar surface area (TPSA) is 74.6 Å². The Kier molecular flexibility index (Phi) is 6.65. The molecular weight excluding hydrogens is 438 g/mol. The van der Waals surface area contributed by atoms with Crippen LogP contribution in [0.25, 0.3) is 22.2 Å². The smallest absolute Gasteiger partial charge is 0.335 e. The molecule has 1 unspecified atom stereocenters. The average Bonchev–Trinajstić information content (AvgIpc) is 3.06. The molecule has 184 valence electrons. The lowest BCUT2D eigenvalue weighted by Crippen LogP contribution is -2.37. The minimum absolute atomic E-state index is 0.0601. The van der Waals surface area contributed by atoms with E-state index in [0.29, 0.717) is 25.4 Å². The van der Waals surface area contributed by atoms with Gasteiger partial charge in [0.2, 0.25) is 5.91 Å². The second-order valence-corrected chi connectivity index (χ2v) is 10.4. The SMILES string of the molecule is CN(C)CCNC(=O)C1Cc2ccccc2-c2c(C3CCCCC3)c3ccc(C(=O)O)cc3n2C1. The summed E-state index contributed by atoms with van der Waals surface area (Å²) in [6.07, 6.45) is 6.72. The third-order valence-electron chi connectivity index (χ3n) is 7.73. The van der Waals surface area contributed by atoms with Gasteiger partial charge in [-0.25, -0.2) is 4.79 Å². The van der Waals surface area contributed by atoms with Gasteiger partial charge in [-0.05, 0) is 62.5 Å². The maximum absolute atomic E-state index is 13.3. The van der Waals surface area contributed by atoms with Gasteiger partial charge in [0.1, 0.15) is 0 Å². The molecule has 1 amide bonds. The molecule has 2 aromatic carbocycles. The van der Waals surface area contributed by atoms with E-state index in [9.17, 15) is 14.7 Å². The van der Waals surface area contributed by atoms with Gasteiger partial charge in [0.25, 0.3) is 0 Å². The number of fused-ring (bicyclic) bond motifs is 5. The molecule has 0 bridgehead atoms. The molecule has 1 aromatic heterocycles. The molecule has 6 heteroatoms. The predicted molar refractivity (Wildman–Crippen MR) is 139 cm³/mol. The quantitative estimate of drug-likeness (QED) is 0.534. The summed E-state index contributed by atoms with van der Waals surface area (Å²) in [6, 6.07) is 14.0. The molecule has 1 atom stereocenters. The fourth-order valence-corrected chi connectivity index (χ4v) is 6.00. The summed E-state index contributed by atoms with van der Waals surface area (Å²) < 4.78 is 2.26. The first-order chi connectivity index (χ1) is 16.9. The lowest BCUT2D eigenvalue weighted by Gasteiger charge is -2.24. The molecule has 6 nitrogen and oxygen atoms in total. The standard InChI is InChI=1S/C29H35N3O3/c1-31(2)15-14-30-28(33)22-16-20-10-6-7-11-23(20)27-26(19-8-4-3-5-9-19)24-13-12-21(29(34)35)17-25(24)32(27)18-22/h6-7,10-13,17,19,22H,3-5,8-9,14-16,18H2,1-2H3,(H,30,33)(H,34,35). The first-order valence-corrected chi connectivity index (χ1v) is 12.8. The number of carboxylic acid groups (broad SMARTS) is 1. The number of carbonyl (C=O) groups excluding carboxylic acids is 1. The van der Waals surface area contributed by atoms with Gasteiger partial charge in [0.15, 0.2) is 0 Å². The minimum Gasteiger partial charge on any atom is -0.478 e. The summed E-state index contributed by atoms with van der Waals surface area (Å²) in [5, 5.41) is 14.0. The molecular formula is C29H35N3O3. The molecule has 35 heavy (non-hydrogen) atoms. The van der Waals surface area contributed by atoms with Gasteiger partial charge in [0.05, 0.1) is 17.2 Å². The fraction of sp³-hybridized carbons (Fsp3) is 0.448. The van der Waals surface area contributed by atoms with Crippen LogP contribution < -0.4 is 5.32 Å². The molecule has 0 spiro atoms. The van der Waals surface area contributed by atoms with E-state index in [1.165, 1.54) is 41.6 Å². The van der Waals surface area contributed by atoms with Gasteiger partial charge in [-0.2, -0.15) is 0 Å².